The predicted octanol–water partition coefficient (Wildman–Crippen LogP) is 2.64. The molecule has 0 bridgehead atoms. The summed E-state index contributed by atoms with van der Waals surface area (Å²) in [6.07, 6.45) is 2.55. The normalized spacial score (nSPS) is 9.50. The van der Waals surface area contributed by atoms with Crippen molar-refractivity contribution in [1.82, 2.24) is 4.90 Å². The highest BCUT2D eigenvalue weighted by atomic mass is 15.1. The van der Waals surface area contributed by atoms with Gasteiger partial charge in [-0.2, -0.15) is 0 Å². The molecule has 1 nitrogen and oxygen atoms in total. The average Bonchev–Trinajstić information content (AvgIpc) is 1.89. The van der Waals surface area contributed by atoms with Gasteiger partial charge in [-0.15, -0.1) is 0 Å². The summed E-state index contributed by atoms with van der Waals surface area (Å²) in [6.45, 7) is 12.6. The summed E-state index contributed by atoms with van der Waals surface area (Å²) in [6, 6.07) is 0. The SMILES string of the molecule is C=C(C)N(CC)CCCC. The maximum Gasteiger partial charge on any atom is 0.0174 e. The first-order chi connectivity index (χ1) is 4.72. The van der Waals surface area contributed by atoms with Crippen molar-refractivity contribution in [2.75, 3.05) is 13.1 Å². The lowest BCUT2D eigenvalue weighted by atomic mass is 10.3. The molecule has 0 spiro atoms. The van der Waals surface area contributed by atoms with E-state index in [1.54, 1.807) is 0 Å². The zero-order chi connectivity index (χ0) is 7.98. The third-order valence-electron chi connectivity index (χ3n) is 1.70. The Morgan fingerprint density at radius 3 is 2.30 bits per heavy atom. The molecule has 10 heavy (non-hydrogen) atoms. The first-order valence-corrected chi connectivity index (χ1v) is 4.12. The summed E-state index contributed by atoms with van der Waals surface area (Å²) in [4.78, 5) is 2.31. The number of nitrogens with zero attached hydrogens (tertiary/aromatic N) is 1. The van der Waals surface area contributed by atoms with Crippen molar-refractivity contribution in [1.29, 1.82) is 0 Å². The van der Waals surface area contributed by atoms with Gasteiger partial charge in [-0.25, -0.2) is 0 Å². The van der Waals surface area contributed by atoms with E-state index >= 15 is 0 Å². The molecule has 0 aromatic rings. The topological polar surface area (TPSA) is 3.24 Å². The molecule has 0 aromatic heterocycles. The lowest BCUT2D eigenvalue weighted by Gasteiger charge is -2.22. The molecule has 0 aliphatic carbocycles. The van der Waals surface area contributed by atoms with Crippen LogP contribution in [0.4, 0.5) is 0 Å². The van der Waals surface area contributed by atoms with Crippen molar-refractivity contribution in [2.45, 2.75) is 33.6 Å². The zero-order valence-electron chi connectivity index (χ0n) is 7.48. The predicted molar refractivity (Wildman–Crippen MR) is 47.0 cm³/mol. The van der Waals surface area contributed by atoms with E-state index in [4.69, 9.17) is 0 Å². The lowest BCUT2D eigenvalue weighted by molar-refractivity contribution is 0.357. The van der Waals surface area contributed by atoms with Crippen LogP contribution in [0.5, 0.6) is 0 Å². The second kappa shape index (κ2) is 5.33. The Labute approximate surface area is 64.7 Å². The molecule has 0 saturated carbocycles. The number of hydrogen-bond acceptors (Lipinski definition) is 1. The molecule has 0 heterocycles. The first-order valence-electron chi connectivity index (χ1n) is 4.12. The Balaban J connectivity index is 3.50. The van der Waals surface area contributed by atoms with Gasteiger partial charge in [0.15, 0.2) is 0 Å². The average molecular weight is 141 g/mol. The van der Waals surface area contributed by atoms with Gasteiger partial charge in [-0.1, -0.05) is 19.9 Å². The molecule has 0 unspecified atom stereocenters. The van der Waals surface area contributed by atoms with E-state index in [1.807, 2.05) is 0 Å². The van der Waals surface area contributed by atoms with Gasteiger partial charge in [0.2, 0.25) is 0 Å². The molecule has 0 atom stereocenters. The fraction of sp³-hybridized carbons (Fsp3) is 0.778. The molecule has 0 aromatic carbocycles. The monoisotopic (exact) mass is 141 g/mol. The minimum Gasteiger partial charge on any atom is -0.376 e. The van der Waals surface area contributed by atoms with Gasteiger partial charge in [-0.3, -0.25) is 0 Å². The van der Waals surface area contributed by atoms with E-state index in [-0.39, 0.29) is 0 Å². The van der Waals surface area contributed by atoms with Crippen LogP contribution in [0.2, 0.25) is 0 Å². The van der Waals surface area contributed by atoms with Gasteiger partial charge in [-0.05, 0) is 20.3 Å². The molecular weight excluding hydrogens is 122 g/mol. The summed E-state index contributed by atoms with van der Waals surface area (Å²) in [5.41, 5.74) is 1.19. The maximum absolute atomic E-state index is 3.91. The van der Waals surface area contributed by atoms with Crippen molar-refractivity contribution in [3.8, 4) is 0 Å². The molecule has 0 radical (unpaired) electrons. The molecule has 0 fully saturated rings. The summed E-state index contributed by atoms with van der Waals surface area (Å²) in [7, 11) is 0. The highest BCUT2D eigenvalue weighted by Gasteiger charge is 1.97. The van der Waals surface area contributed by atoms with Crippen LogP contribution in [-0.4, -0.2) is 18.0 Å². The lowest BCUT2D eigenvalue weighted by Crippen LogP contribution is -2.21. The van der Waals surface area contributed by atoms with Crippen LogP contribution in [0.1, 0.15) is 33.6 Å². The van der Waals surface area contributed by atoms with Gasteiger partial charge < -0.3 is 4.90 Å². The Bertz CT molecular complexity index is 96.9. The molecule has 1 heteroatoms. The minimum atomic E-state index is 1.09. The Morgan fingerprint density at radius 2 is 2.00 bits per heavy atom. The standard InChI is InChI=1S/C9H19N/c1-5-7-8-10(6-2)9(3)4/h3,5-8H2,1-2,4H3. The fourth-order valence-corrected chi connectivity index (χ4v) is 0.968. The van der Waals surface area contributed by atoms with Crippen LogP contribution >= 0.6 is 0 Å². The molecule has 0 aliphatic rings. The number of allylic oxidation sites excluding steroid dienone is 1. The molecule has 0 aliphatic heterocycles. The minimum absolute atomic E-state index is 1.09. The van der Waals surface area contributed by atoms with Crippen molar-refractivity contribution < 1.29 is 0 Å². The third kappa shape index (κ3) is 3.54. The van der Waals surface area contributed by atoms with E-state index in [1.165, 1.54) is 25.1 Å². The number of unbranched alkanes of at least 4 members (excludes halogenated alkanes) is 1. The van der Waals surface area contributed by atoms with E-state index in [2.05, 4.69) is 32.3 Å². The van der Waals surface area contributed by atoms with Crippen molar-refractivity contribution in [2.24, 2.45) is 0 Å². The third-order valence-corrected chi connectivity index (χ3v) is 1.70. The molecule has 0 saturated heterocycles. The molecule has 60 valence electrons. The van der Waals surface area contributed by atoms with Crippen LogP contribution in [0, 0.1) is 0 Å². The van der Waals surface area contributed by atoms with E-state index in [9.17, 15) is 0 Å². The Morgan fingerprint density at radius 1 is 1.40 bits per heavy atom. The van der Waals surface area contributed by atoms with Crippen molar-refractivity contribution in [3.63, 3.8) is 0 Å². The molecule has 0 amide bonds. The van der Waals surface area contributed by atoms with Crippen LogP contribution in [-0.2, 0) is 0 Å². The quantitative estimate of drug-likeness (QED) is 0.569. The Kier molecular flexibility index (Phi) is 5.09. The Hall–Kier alpha value is -0.460. The zero-order valence-corrected chi connectivity index (χ0v) is 7.48. The second-order valence-corrected chi connectivity index (χ2v) is 2.67. The largest absolute Gasteiger partial charge is 0.376 e. The smallest absolute Gasteiger partial charge is 0.0174 e. The van der Waals surface area contributed by atoms with Gasteiger partial charge in [0, 0.05) is 18.8 Å². The van der Waals surface area contributed by atoms with Crippen molar-refractivity contribution in [3.05, 3.63) is 12.3 Å². The number of hydrogen-bond donors (Lipinski definition) is 0. The summed E-state index contributed by atoms with van der Waals surface area (Å²) in [5, 5.41) is 0. The van der Waals surface area contributed by atoms with Crippen LogP contribution in [0.25, 0.3) is 0 Å². The van der Waals surface area contributed by atoms with Gasteiger partial charge in [0.05, 0.1) is 0 Å². The van der Waals surface area contributed by atoms with Crippen molar-refractivity contribution >= 4 is 0 Å². The van der Waals surface area contributed by atoms with E-state index < -0.39 is 0 Å². The fourth-order valence-electron chi connectivity index (χ4n) is 0.968. The second-order valence-electron chi connectivity index (χ2n) is 2.67. The molecule has 0 rings (SSSR count). The van der Waals surface area contributed by atoms with Gasteiger partial charge in [0.25, 0.3) is 0 Å². The molecular formula is C9H19N. The van der Waals surface area contributed by atoms with Crippen LogP contribution < -0.4 is 0 Å². The summed E-state index contributed by atoms with van der Waals surface area (Å²) < 4.78 is 0. The highest BCUT2D eigenvalue weighted by molar-refractivity contribution is 4.87. The summed E-state index contributed by atoms with van der Waals surface area (Å²) >= 11 is 0. The van der Waals surface area contributed by atoms with Gasteiger partial charge in [0.1, 0.15) is 0 Å². The number of rotatable bonds is 5. The van der Waals surface area contributed by atoms with E-state index in [0.717, 1.165) is 6.54 Å². The highest BCUT2D eigenvalue weighted by Crippen LogP contribution is 2.01. The van der Waals surface area contributed by atoms with Gasteiger partial charge >= 0.3 is 0 Å². The first kappa shape index (κ1) is 9.54. The van der Waals surface area contributed by atoms with Crippen LogP contribution in [0.3, 0.4) is 0 Å². The summed E-state index contributed by atoms with van der Waals surface area (Å²) in [5.74, 6) is 0. The maximum atomic E-state index is 3.91. The molecule has 0 N–H and O–H groups in total. The van der Waals surface area contributed by atoms with Crippen LogP contribution in [0.15, 0.2) is 12.3 Å². The van der Waals surface area contributed by atoms with E-state index in [0.29, 0.717) is 0 Å².